The van der Waals surface area contributed by atoms with Gasteiger partial charge in [-0.1, -0.05) is 24.4 Å². The third-order valence-electron chi connectivity index (χ3n) is 1.57. The molecular formula is C9H13F2NO4S. The molecule has 0 radical (unpaired) electrons. The van der Waals surface area contributed by atoms with Crippen molar-refractivity contribution in [3.8, 4) is 0 Å². The maximum Gasteiger partial charge on any atom is 0.408 e. The van der Waals surface area contributed by atoms with Crippen LogP contribution < -0.4 is 5.32 Å². The number of carbonyl (C=O) groups is 2. The number of alkyl carbamates (subject to hydrolysis) is 1. The monoisotopic (exact) mass is 269 g/mol. The van der Waals surface area contributed by atoms with Crippen molar-refractivity contribution >= 4 is 23.8 Å². The second-order valence-corrected chi connectivity index (χ2v) is 3.94. The van der Waals surface area contributed by atoms with Gasteiger partial charge >= 0.3 is 12.1 Å². The molecule has 0 aliphatic rings. The Hall–Kier alpha value is -1.31. The van der Waals surface area contributed by atoms with E-state index in [4.69, 9.17) is 5.11 Å². The number of rotatable bonds is 8. The van der Waals surface area contributed by atoms with Gasteiger partial charge in [0.05, 0.1) is 0 Å². The average molecular weight is 269 g/mol. The largest absolute Gasteiger partial charge is 0.480 e. The summed E-state index contributed by atoms with van der Waals surface area (Å²) in [5.41, 5.74) is 0. The summed E-state index contributed by atoms with van der Waals surface area (Å²) in [6.45, 7) is 3.26. The minimum atomic E-state index is -2.56. The molecule has 0 unspecified atom stereocenters. The predicted molar refractivity (Wildman–Crippen MR) is 59.2 cm³/mol. The van der Waals surface area contributed by atoms with Gasteiger partial charge in [0.1, 0.15) is 12.6 Å². The van der Waals surface area contributed by atoms with Crippen LogP contribution in [0.15, 0.2) is 12.7 Å². The number of alkyl halides is 2. The highest BCUT2D eigenvalue weighted by molar-refractivity contribution is 7.99. The Morgan fingerprint density at radius 2 is 2.18 bits per heavy atom. The second kappa shape index (κ2) is 8.80. The number of aliphatic carboxylic acids is 1. The molecule has 2 N–H and O–H groups in total. The van der Waals surface area contributed by atoms with Crippen LogP contribution >= 0.6 is 11.8 Å². The first kappa shape index (κ1) is 15.7. The summed E-state index contributed by atoms with van der Waals surface area (Å²) in [7, 11) is 0. The molecule has 0 aromatic heterocycles. The molecule has 0 heterocycles. The van der Waals surface area contributed by atoms with E-state index < -0.39 is 23.9 Å². The van der Waals surface area contributed by atoms with E-state index in [0.717, 1.165) is 0 Å². The average Bonchev–Trinajstić information content (AvgIpc) is 2.24. The zero-order chi connectivity index (χ0) is 13.3. The van der Waals surface area contributed by atoms with Crippen molar-refractivity contribution in [3.05, 3.63) is 12.7 Å². The molecule has 0 aliphatic carbocycles. The van der Waals surface area contributed by atoms with E-state index in [9.17, 15) is 18.4 Å². The number of carboxylic acid groups (broad SMARTS) is 1. The van der Waals surface area contributed by atoms with Gasteiger partial charge in [-0.2, -0.15) is 8.78 Å². The number of hydrogen-bond acceptors (Lipinski definition) is 4. The first-order valence-corrected chi connectivity index (χ1v) is 5.69. The van der Waals surface area contributed by atoms with Gasteiger partial charge in [0.2, 0.25) is 0 Å². The number of hydrogen-bond donors (Lipinski definition) is 2. The Bertz CT molecular complexity index is 276. The maximum atomic E-state index is 11.8. The molecule has 0 aromatic rings. The number of carbonyl (C=O) groups excluding carboxylic acids is 1. The topological polar surface area (TPSA) is 75.6 Å². The highest BCUT2D eigenvalue weighted by Crippen LogP contribution is 2.15. The van der Waals surface area contributed by atoms with Gasteiger partial charge in [-0.25, -0.2) is 9.59 Å². The molecule has 8 heteroatoms. The van der Waals surface area contributed by atoms with Gasteiger partial charge in [0.25, 0.3) is 5.76 Å². The number of amides is 1. The first-order chi connectivity index (χ1) is 7.97. The van der Waals surface area contributed by atoms with Crippen molar-refractivity contribution in [2.75, 3.05) is 12.4 Å². The quantitative estimate of drug-likeness (QED) is 0.656. The van der Waals surface area contributed by atoms with E-state index >= 15 is 0 Å². The van der Waals surface area contributed by atoms with Gasteiger partial charge in [-0.3, -0.25) is 0 Å². The lowest BCUT2D eigenvalue weighted by Gasteiger charge is -2.13. The lowest BCUT2D eigenvalue weighted by Crippen LogP contribution is -2.41. The lowest BCUT2D eigenvalue weighted by molar-refractivity contribution is -0.139. The highest BCUT2D eigenvalue weighted by atomic mass is 32.2. The van der Waals surface area contributed by atoms with E-state index in [-0.39, 0.29) is 18.8 Å². The summed E-state index contributed by atoms with van der Waals surface area (Å²) < 4.78 is 28.1. The molecule has 0 rings (SSSR count). The van der Waals surface area contributed by atoms with Crippen LogP contribution in [-0.2, 0) is 9.53 Å². The SMILES string of the molecule is C=CCOC(=O)N[C@@H](CCSC(F)F)C(=O)O. The summed E-state index contributed by atoms with van der Waals surface area (Å²) in [4.78, 5) is 21.7. The van der Waals surface area contributed by atoms with Crippen LogP contribution in [0.25, 0.3) is 0 Å². The lowest BCUT2D eigenvalue weighted by atomic mass is 10.2. The van der Waals surface area contributed by atoms with Crippen LogP contribution in [0.3, 0.4) is 0 Å². The van der Waals surface area contributed by atoms with Crippen molar-refractivity contribution in [1.29, 1.82) is 0 Å². The molecule has 0 bridgehead atoms. The van der Waals surface area contributed by atoms with E-state index in [1.54, 1.807) is 0 Å². The Morgan fingerprint density at radius 1 is 1.53 bits per heavy atom. The molecule has 1 amide bonds. The fourth-order valence-corrected chi connectivity index (χ4v) is 1.40. The van der Waals surface area contributed by atoms with Crippen LogP contribution in [0.2, 0.25) is 0 Å². The second-order valence-electron chi connectivity index (χ2n) is 2.84. The summed E-state index contributed by atoms with van der Waals surface area (Å²) in [6.07, 6.45) is 0.301. The Balaban J connectivity index is 4.01. The smallest absolute Gasteiger partial charge is 0.408 e. The van der Waals surface area contributed by atoms with Crippen LogP contribution in [0, 0.1) is 0 Å². The van der Waals surface area contributed by atoms with Crippen LogP contribution in [-0.4, -0.2) is 41.3 Å². The van der Waals surface area contributed by atoms with E-state index in [2.05, 4.69) is 16.6 Å². The molecular weight excluding hydrogens is 256 g/mol. The number of halogens is 2. The molecule has 0 aliphatic heterocycles. The standard InChI is InChI=1S/C9H13F2NO4S/c1-2-4-16-9(15)12-6(7(13)14)3-5-17-8(10)11/h2,6,8H,1,3-5H2,(H,12,15)(H,13,14)/t6-/m0/s1. The van der Waals surface area contributed by atoms with Crippen LogP contribution in [0.1, 0.15) is 6.42 Å². The molecule has 0 fully saturated rings. The fourth-order valence-electron chi connectivity index (χ4n) is 0.851. The van der Waals surface area contributed by atoms with Crippen molar-refractivity contribution in [3.63, 3.8) is 0 Å². The van der Waals surface area contributed by atoms with E-state index in [1.807, 2.05) is 0 Å². The van der Waals surface area contributed by atoms with Crippen molar-refractivity contribution in [2.45, 2.75) is 18.2 Å². The van der Waals surface area contributed by atoms with Crippen LogP contribution in [0.5, 0.6) is 0 Å². The first-order valence-electron chi connectivity index (χ1n) is 4.64. The molecule has 17 heavy (non-hydrogen) atoms. The molecule has 0 saturated carbocycles. The zero-order valence-corrected chi connectivity index (χ0v) is 9.71. The number of carboxylic acids is 1. The summed E-state index contributed by atoms with van der Waals surface area (Å²) in [6, 6.07) is -1.24. The summed E-state index contributed by atoms with van der Waals surface area (Å²) in [5, 5.41) is 10.8. The Kier molecular flexibility index (Phi) is 8.12. The van der Waals surface area contributed by atoms with E-state index in [0.29, 0.717) is 11.8 Å². The number of nitrogens with one attached hydrogen (secondary N) is 1. The molecule has 5 nitrogen and oxygen atoms in total. The van der Waals surface area contributed by atoms with Crippen molar-refractivity contribution < 1.29 is 28.2 Å². The molecule has 0 aromatic carbocycles. The normalized spacial score (nSPS) is 11.9. The van der Waals surface area contributed by atoms with Gasteiger partial charge in [-0.05, 0) is 6.42 Å². The third kappa shape index (κ3) is 8.49. The van der Waals surface area contributed by atoms with Crippen molar-refractivity contribution in [1.82, 2.24) is 5.32 Å². The number of ether oxygens (including phenoxy) is 1. The summed E-state index contributed by atoms with van der Waals surface area (Å²) in [5.74, 6) is -3.93. The van der Waals surface area contributed by atoms with Gasteiger partial charge in [0, 0.05) is 5.75 Å². The van der Waals surface area contributed by atoms with Gasteiger partial charge in [-0.15, -0.1) is 0 Å². The maximum absolute atomic E-state index is 11.8. The fraction of sp³-hybridized carbons (Fsp3) is 0.556. The van der Waals surface area contributed by atoms with Gasteiger partial charge < -0.3 is 15.2 Å². The molecule has 98 valence electrons. The van der Waals surface area contributed by atoms with Gasteiger partial charge in [0.15, 0.2) is 0 Å². The molecule has 0 saturated heterocycles. The predicted octanol–water partition coefficient (Wildman–Crippen LogP) is 1.70. The van der Waals surface area contributed by atoms with Crippen molar-refractivity contribution in [2.24, 2.45) is 0 Å². The summed E-state index contributed by atoms with van der Waals surface area (Å²) >= 11 is 0.317. The van der Waals surface area contributed by atoms with Crippen LogP contribution in [0.4, 0.5) is 13.6 Å². The molecule has 0 spiro atoms. The Labute approximate surface area is 101 Å². The molecule has 1 atom stereocenters. The van der Waals surface area contributed by atoms with E-state index in [1.165, 1.54) is 6.08 Å². The minimum Gasteiger partial charge on any atom is -0.480 e. The third-order valence-corrected chi connectivity index (χ3v) is 2.30. The Morgan fingerprint density at radius 3 is 2.65 bits per heavy atom. The number of thioether (sulfide) groups is 1. The minimum absolute atomic E-state index is 0.0516. The highest BCUT2D eigenvalue weighted by Gasteiger charge is 2.20. The zero-order valence-electron chi connectivity index (χ0n) is 8.90.